The molecule has 0 saturated carbocycles. The van der Waals surface area contributed by atoms with Crippen LogP contribution in [0, 0.1) is 12.8 Å². The van der Waals surface area contributed by atoms with Crippen LogP contribution in [0.15, 0.2) is 12.3 Å². The molecule has 5 nitrogen and oxygen atoms in total. The summed E-state index contributed by atoms with van der Waals surface area (Å²) in [7, 11) is 1.80. The highest BCUT2D eigenvalue weighted by Crippen LogP contribution is 2.14. The lowest BCUT2D eigenvalue weighted by atomic mass is 10.2. The first-order chi connectivity index (χ1) is 9.54. The Labute approximate surface area is 121 Å². The number of amides is 1. The minimum Gasteiger partial charge on any atom is -0.387 e. The summed E-state index contributed by atoms with van der Waals surface area (Å²) in [6.07, 6.45) is 2.42. The monoisotopic (exact) mass is 279 g/mol. The molecule has 0 bridgehead atoms. The van der Waals surface area contributed by atoms with E-state index in [0.29, 0.717) is 24.6 Å². The van der Waals surface area contributed by atoms with Crippen LogP contribution < -0.4 is 10.6 Å². The zero-order chi connectivity index (χ0) is 15.0. The minimum atomic E-state index is -0.106. The van der Waals surface area contributed by atoms with Gasteiger partial charge in [0.25, 0.3) is 5.91 Å². The molecule has 2 N–H and O–H groups in total. The zero-order valence-corrected chi connectivity index (χ0v) is 12.8. The lowest BCUT2D eigenvalue weighted by molar-refractivity contribution is 0.0925. The molecule has 0 unspecified atom stereocenters. The lowest BCUT2D eigenvalue weighted by Crippen LogP contribution is -2.26. The van der Waals surface area contributed by atoms with Gasteiger partial charge >= 0.3 is 0 Å². The third-order valence-electron chi connectivity index (χ3n) is 2.76. The molecule has 0 spiro atoms. The number of aromatic nitrogens is 1. The normalized spacial score (nSPS) is 10.7. The standard InChI is InChI=1S/C15H25N3O2/c1-11(2)10-20-7-5-6-17-15(19)13-9-18-12(3)8-14(13)16-4/h8-9,11H,5-7,10H2,1-4H3,(H,16,18)(H,17,19). The number of rotatable bonds is 8. The van der Waals surface area contributed by atoms with Gasteiger partial charge in [-0.1, -0.05) is 13.8 Å². The molecule has 0 aliphatic heterocycles. The van der Waals surface area contributed by atoms with Crippen molar-refractivity contribution in [1.82, 2.24) is 10.3 Å². The molecule has 1 rings (SSSR count). The number of nitrogens with zero attached hydrogens (tertiary/aromatic N) is 1. The second kappa shape index (κ2) is 8.53. The maximum Gasteiger partial charge on any atom is 0.254 e. The number of pyridine rings is 1. The molecule has 5 heteroatoms. The first kappa shape index (κ1) is 16.4. The topological polar surface area (TPSA) is 63.2 Å². The van der Waals surface area contributed by atoms with Gasteiger partial charge in [-0.2, -0.15) is 0 Å². The van der Waals surface area contributed by atoms with Crippen LogP contribution in [-0.4, -0.2) is 37.7 Å². The van der Waals surface area contributed by atoms with E-state index in [0.717, 1.165) is 24.4 Å². The summed E-state index contributed by atoms with van der Waals surface area (Å²) >= 11 is 0. The number of hydrogen-bond donors (Lipinski definition) is 2. The Morgan fingerprint density at radius 1 is 1.45 bits per heavy atom. The van der Waals surface area contributed by atoms with E-state index in [1.54, 1.807) is 13.2 Å². The summed E-state index contributed by atoms with van der Waals surface area (Å²) in [6, 6.07) is 1.86. The van der Waals surface area contributed by atoms with Gasteiger partial charge in [-0.3, -0.25) is 9.78 Å². The van der Waals surface area contributed by atoms with E-state index in [1.165, 1.54) is 0 Å². The highest BCUT2D eigenvalue weighted by atomic mass is 16.5. The van der Waals surface area contributed by atoms with E-state index in [4.69, 9.17) is 4.74 Å². The Morgan fingerprint density at radius 3 is 2.85 bits per heavy atom. The fourth-order valence-electron chi connectivity index (χ4n) is 1.74. The summed E-state index contributed by atoms with van der Waals surface area (Å²) in [6.45, 7) is 8.17. The number of carbonyl (C=O) groups excluding carboxylic acids is 1. The van der Waals surface area contributed by atoms with Gasteiger partial charge in [-0.05, 0) is 25.3 Å². The molecule has 0 atom stereocenters. The van der Waals surface area contributed by atoms with Crippen molar-refractivity contribution in [2.45, 2.75) is 27.2 Å². The van der Waals surface area contributed by atoms with E-state index >= 15 is 0 Å². The van der Waals surface area contributed by atoms with Gasteiger partial charge in [-0.15, -0.1) is 0 Å². The molecule has 1 heterocycles. The number of ether oxygens (including phenoxy) is 1. The highest BCUT2D eigenvalue weighted by molar-refractivity contribution is 5.99. The van der Waals surface area contributed by atoms with Crippen LogP contribution in [0.25, 0.3) is 0 Å². The maximum atomic E-state index is 12.0. The fraction of sp³-hybridized carbons (Fsp3) is 0.600. The molecular weight excluding hydrogens is 254 g/mol. The third kappa shape index (κ3) is 5.57. The highest BCUT2D eigenvalue weighted by Gasteiger charge is 2.10. The summed E-state index contributed by atoms with van der Waals surface area (Å²) < 4.78 is 5.47. The molecule has 0 aliphatic rings. The van der Waals surface area contributed by atoms with Crippen LogP contribution >= 0.6 is 0 Å². The van der Waals surface area contributed by atoms with Gasteiger partial charge in [0.15, 0.2) is 0 Å². The van der Waals surface area contributed by atoms with Crippen molar-refractivity contribution in [2.75, 3.05) is 32.1 Å². The second-order valence-electron chi connectivity index (χ2n) is 5.20. The average Bonchev–Trinajstić information content (AvgIpc) is 2.41. The van der Waals surface area contributed by atoms with Crippen molar-refractivity contribution in [3.8, 4) is 0 Å². The van der Waals surface area contributed by atoms with Gasteiger partial charge in [0.2, 0.25) is 0 Å². The Bertz CT molecular complexity index is 433. The van der Waals surface area contributed by atoms with E-state index < -0.39 is 0 Å². The van der Waals surface area contributed by atoms with Crippen LogP contribution in [0.2, 0.25) is 0 Å². The van der Waals surface area contributed by atoms with Gasteiger partial charge in [0.1, 0.15) is 0 Å². The zero-order valence-electron chi connectivity index (χ0n) is 12.8. The summed E-state index contributed by atoms with van der Waals surface area (Å²) in [5, 5.41) is 5.90. The number of carbonyl (C=O) groups is 1. The van der Waals surface area contributed by atoms with Crippen LogP contribution in [0.4, 0.5) is 5.69 Å². The van der Waals surface area contributed by atoms with Crippen molar-refractivity contribution in [2.24, 2.45) is 5.92 Å². The predicted octanol–water partition coefficient (Wildman–Crippen LogP) is 2.22. The smallest absolute Gasteiger partial charge is 0.254 e. The van der Waals surface area contributed by atoms with Crippen LogP contribution in [-0.2, 0) is 4.74 Å². The van der Waals surface area contributed by atoms with E-state index in [9.17, 15) is 4.79 Å². The Kier molecular flexibility index (Phi) is 7.01. The Morgan fingerprint density at radius 2 is 2.20 bits per heavy atom. The second-order valence-corrected chi connectivity index (χ2v) is 5.20. The van der Waals surface area contributed by atoms with E-state index in [-0.39, 0.29) is 5.91 Å². The van der Waals surface area contributed by atoms with Crippen molar-refractivity contribution >= 4 is 11.6 Å². The molecule has 1 aromatic rings. The molecule has 0 aromatic carbocycles. The molecule has 112 valence electrons. The van der Waals surface area contributed by atoms with E-state index in [2.05, 4.69) is 29.5 Å². The molecule has 0 aliphatic carbocycles. The van der Waals surface area contributed by atoms with Crippen LogP contribution in [0.3, 0.4) is 0 Å². The lowest BCUT2D eigenvalue weighted by Gasteiger charge is -2.10. The number of nitrogens with one attached hydrogen (secondary N) is 2. The summed E-state index contributed by atoms with van der Waals surface area (Å²) in [5.74, 6) is 0.437. The van der Waals surface area contributed by atoms with Gasteiger partial charge < -0.3 is 15.4 Å². The summed E-state index contributed by atoms with van der Waals surface area (Å²) in [5.41, 5.74) is 2.25. The van der Waals surface area contributed by atoms with Gasteiger partial charge in [0, 0.05) is 38.7 Å². The molecule has 1 amide bonds. The number of hydrogen-bond acceptors (Lipinski definition) is 4. The van der Waals surface area contributed by atoms with Gasteiger partial charge in [0.05, 0.1) is 11.3 Å². The molecule has 0 saturated heterocycles. The molecule has 0 fully saturated rings. The minimum absolute atomic E-state index is 0.106. The third-order valence-corrected chi connectivity index (χ3v) is 2.76. The van der Waals surface area contributed by atoms with E-state index in [1.807, 2.05) is 13.0 Å². The molecule has 1 aromatic heterocycles. The SMILES string of the molecule is CNc1cc(C)ncc1C(=O)NCCCOCC(C)C. The first-order valence-electron chi connectivity index (χ1n) is 7.05. The van der Waals surface area contributed by atoms with Crippen LogP contribution in [0.1, 0.15) is 36.3 Å². The maximum absolute atomic E-state index is 12.0. The largest absolute Gasteiger partial charge is 0.387 e. The van der Waals surface area contributed by atoms with Crippen molar-refractivity contribution in [3.63, 3.8) is 0 Å². The van der Waals surface area contributed by atoms with Gasteiger partial charge in [-0.25, -0.2) is 0 Å². The van der Waals surface area contributed by atoms with Crippen LogP contribution in [0.5, 0.6) is 0 Å². The fourth-order valence-corrected chi connectivity index (χ4v) is 1.74. The Balaban J connectivity index is 2.36. The molecule has 0 radical (unpaired) electrons. The first-order valence-corrected chi connectivity index (χ1v) is 7.05. The number of aryl methyl sites for hydroxylation is 1. The van der Waals surface area contributed by atoms with Crippen molar-refractivity contribution in [1.29, 1.82) is 0 Å². The Hall–Kier alpha value is -1.62. The quantitative estimate of drug-likeness (QED) is 0.716. The van der Waals surface area contributed by atoms with Crippen molar-refractivity contribution < 1.29 is 9.53 Å². The predicted molar refractivity (Wildman–Crippen MR) is 81.1 cm³/mol. The average molecular weight is 279 g/mol. The summed E-state index contributed by atoms with van der Waals surface area (Å²) in [4.78, 5) is 16.2. The molecular formula is C15H25N3O2. The molecule has 20 heavy (non-hydrogen) atoms. The number of anilines is 1. The van der Waals surface area contributed by atoms with Crippen molar-refractivity contribution in [3.05, 3.63) is 23.5 Å².